The largest absolute Gasteiger partial charge is 1.00 e. The van der Waals surface area contributed by atoms with Crippen molar-refractivity contribution in [3.63, 3.8) is 0 Å². The molecule has 0 atom stereocenters. The molecule has 12 aliphatic rings. The standard InChI is InChI=1S/3C18H24N.N.Na.V/c3*1-12-3-13(2)5-17(4-12)19-18-9-14-6-15(10-18)8-16(7-14)11-18;;;/h3*3-5,14-16H,6-11H2,1-2H3;;;/q3*-1;;+1;. The van der Waals surface area contributed by atoms with Gasteiger partial charge in [0.05, 0.1) is 0 Å². The van der Waals surface area contributed by atoms with Crippen LogP contribution in [0.3, 0.4) is 0 Å². The zero-order chi connectivity index (χ0) is 41.1. The molecule has 316 valence electrons. The van der Waals surface area contributed by atoms with Gasteiger partial charge in [-0.05, 0) is 153 Å². The number of nitrogens with zero attached hydrogens (tertiary/aromatic N) is 4. The van der Waals surface area contributed by atoms with Gasteiger partial charge in [0.15, 0.2) is 0 Å². The van der Waals surface area contributed by atoms with Gasteiger partial charge in [0, 0.05) is 0 Å². The summed E-state index contributed by atoms with van der Waals surface area (Å²) in [6.07, 6.45) is 25.8. The SMILES string of the molecule is Cc1cc(C)cc([N-]C23CC4CC(CC(C4)C2)C3)c1.Cc1cc(C)cc([N-]C23CC4CC(CC(C4)C2)C3)c1.Cc1cc(C)cc([N-]C23CC4CC(CC(C4)C2)C3)c1.[N]#[V].[Na+]. The van der Waals surface area contributed by atoms with Crippen LogP contribution in [0.2, 0.25) is 0 Å². The number of hydrogen-bond donors (Lipinski definition) is 0. The summed E-state index contributed by atoms with van der Waals surface area (Å²) in [5.41, 5.74) is 12.8. The minimum atomic E-state index is 0. The number of benzene rings is 3. The van der Waals surface area contributed by atoms with Crippen molar-refractivity contribution in [1.82, 2.24) is 0 Å². The van der Waals surface area contributed by atoms with E-state index in [0.717, 1.165) is 53.3 Å². The summed E-state index contributed by atoms with van der Waals surface area (Å²) in [6.45, 7) is 13.1. The van der Waals surface area contributed by atoms with Crippen molar-refractivity contribution in [3.05, 3.63) is 104 Å². The second-order valence-corrected chi connectivity index (χ2v) is 22.8. The summed E-state index contributed by atoms with van der Waals surface area (Å²) in [5, 5.41) is 15.8. The molecule has 0 aliphatic heterocycles. The predicted molar refractivity (Wildman–Crippen MR) is 241 cm³/mol. The first-order chi connectivity index (χ1) is 28.3. The molecule has 0 spiro atoms. The summed E-state index contributed by atoms with van der Waals surface area (Å²) in [4.78, 5) is 0. The van der Waals surface area contributed by atoms with Gasteiger partial charge in [-0.3, -0.25) is 0 Å². The normalized spacial score (nSPS) is 37.6. The fraction of sp³-hybridized carbons (Fsp3) is 0.667. The summed E-state index contributed by atoms with van der Waals surface area (Å²) >= 11 is 1.31. The topological polar surface area (TPSA) is 66.1 Å². The van der Waals surface area contributed by atoms with Gasteiger partial charge in [-0.2, -0.15) is 0 Å². The maximum atomic E-state index is 6.94. The van der Waals surface area contributed by atoms with Gasteiger partial charge in [0.1, 0.15) is 0 Å². The van der Waals surface area contributed by atoms with Crippen molar-refractivity contribution < 1.29 is 46.6 Å². The van der Waals surface area contributed by atoms with Crippen molar-refractivity contribution in [3.8, 4) is 0 Å². The Morgan fingerprint density at radius 2 is 0.483 bits per heavy atom. The second kappa shape index (κ2) is 18.1. The first-order valence-electron chi connectivity index (χ1n) is 23.9. The molecule has 12 fully saturated rings. The smallest absolute Gasteiger partial charge is 1.00 e. The molecule has 3 aromatic rings. The van der Waals surface area contributed by atoms with Crippen LogP contribution >= 0.6 is 0 Å². The molecule has 0 radical (unpaired) electrons. The van der Waals surface area contributed by atoms with Crippen LogP contribution in [0.4, 0.5) is 17.1 Å². The van der Waals surface area contributed by atoms with Gasteiger partial charge in [-0.1, -0.05) is 146 Å². The number of rotatable bonds is 6. The molecule has 0 unspecified atom stereocenters. The number of aryl methyl sites for hydroxylation is 6. The Balaban J connectivity index is 0.000000121. The van der Waals surface area contributed by atoms with Gasteiger partial charge < -0.3 is 16.0 Å². The molecular weight excluding hydrogens is 779 g/mol. The van der Waals surface area contributed by atoms with Crippen molar-refractivity contribution >= 4 is 17.1 Å². The molecule has 0 saturated heterocycles. The Labute approximate surface area is 395 Å². The van der Waals surface area contributed by atoms with Crippen molar-refractivity contribution in [1.29, 1.82) is 4.03 Å². The average Bonchev–Trinajstić information content (AvgIpc) is 3.09. The van der Waals surface area contributed by atoms with Crippen LogP contribution in [0.25, 0.3) is 16.0 Å². The predicted octanol–water partition coefficient (Wildman–Crippen LogP) is 12.8. The third-order valence-electron chi connectivity index (χ3n) is 16.7. The van der Waals surface area contributed by atoms with E-state index in [0.29, 0.717) is 16.6 Å². The van der Waals surface area contributed by atoms with E-state index in [1.807, 2.05) is 0 Å². The van der Waals surface area contributed by atoms with Gasteiger partial charge >= 0.3 is 50.6 Å². The van der Waals surface area contributed by atoms with Crippen LogP contribution in [-0.4, -0.2) is 16.6 Å². The van der Waals surface area contributed by atoms with Crippen LogP contribution in [0.1, 0.15) is 149 Å². The molecule has 0 amide bonds. The third kappa shape index (κ3) is 10.2. The van der Waals surface area contributed by atoms with Gasteiger partial charge in [-0.15, -0.1) is 33.7 Å². The monoisotopic (exact) mass is 851 g/mol. The maximum Gasteiger partial charge on any atom is 1.00 e. The fourth-order valence-corrected chi connectivity index (χ4v) is 16.5. The Hall–Kier alpha value is -1.65. The summed E-state index contributed by atoms with van der Waals surface area (Å²) in [6, 6.07) is 20.4. The first kappa shape index (κ1) is 44.9. The second-order valence-electron chi connectivity index (χ2n) is 22.8. The number of hydrogen-bond acceptors (Lipinski definition) is 1. The Morgan fingerprint density at radius 3 is 0.633 bits per heavy atom. The van der Waals surface area contributed by atoms with E-state index in [2.05, 4.69) is 96.1 Å². The summed E-state index contributed by atoms with van der Waals surface area (Å²) in [5.74, 6) is 8.88. The molecular formula is C54H72N4NaV-2. The van der Waals surface area contributed by atoms with E-state index in [9.17, 15) is 0 Å². The van der Waals surface area contributed by atoms with Gasteiger partial charge in [0.2, 0.25) is 0 Å². The molecule has 0 N–H and O–H groups in total. The van der Waals surface area contributed by atoms with E-state index < -0.39 is 0 Å². The van der Waals surface area contributed by atoms with E-state index in [1.54, 1.807) is 0 Å². The Bertz CT molecular complexity index is 1630. The Morgan fingerprint density at radius 1 is 0.333 bits per heavy atom. The van der Waals surface area contributed by atoms with Crippen LogP contribution in [0.15, 0.2) is 54.6 Å². The zero-order valence-electron chi connectivity index (χ0n) is 38.4. The van der Waals surface area contributed by atoms with Crippen molar-refractivity contribution in [2.45, 2.75) is 174 Å². The van der Waals surface area contributed by atoms with Crippen LogP contribution in [0.5, 0.6) is 0 Å². The van der Waals surface area contributed by atoms with Crippen molar-refractivity contribution in [2.75, 3.05) is 0 Å². The molecule has 6 heteroatoms. The molecule has 3 aromatic carbocycles. The molecule has 0 heterocycles. The zero-order valence-corrected chi connectivity index (χ0v) is 41.8. The molecule has 0 aromatic heterocycles. The van der Waals surface area contributed by atoms with E-state index >= 15 is 0 Å². The van der Waals surface area contributed by atoms with E-state index in [4.69, 9.17) is 20.0 Å². The molecule has 4 nitrogen and oxygen atoms in total. The first-order valence-corrected chi connectivity index (χ1v) is 24.6. The molecule has 60 heavy (non-hydrogen) atoms. The van der Waals surface area contributed by atoms with E-state index in [-0.39, 0.29) is 29.6 Å². The van der Waals surface area contributed by atoms with Gasteiger partial charge in [0.25, 0.3) is 0 Å². The fourth-order valence-electron chi connectivity index (χ4n) is 16.5. The molecule has 12 saturated carbocycles. The Kier molecular flexibility index (Phi) is 13.5. The van der Waals surface area contributed by atoms with Crippen LogP contribution in [-0.2, 0) is 17.1 Å². The third-order valence-corrected chi connectivity index (χ3v) is 16.7. The van der Waals surface area contributed by atoms with Crippen LogP contribution < -0.4 is 29.6 Å². The van der Waals surface area contributed by atoms with Crippen molar-refractivity contribution in [2.24, 2.45) is 53.3 Å². The molecule has 12 aliphatic carbocycles. The minimum absolute atomic E-state index is 0. The quantitative estimate of drug-likeness (QED) is 0.228. The van der Waals surface area contributed by atoms with Gasteiger partial charge in [-0.25, -0.2) is 0 Å². The molecule has 15 rings (SSSR count). The molecule has 12 bridgehead atoms. The average molecular weight is 851 g/mol. The maximum absolute atomic E-state index is 6.94. The summed E-state index contributed by atoms with van der Waals surface area (Å²) in [7, 11) is 0. The minimum Gasteiger partial charge on any atom is 1.00 e. The summed E-state index contributed by atoms with van der Waals surface area (Å²) < 4.78 is 6.94. The van der Waals surface area contributed by atoms with E-state index in [1.165, 1.54) is 183 Å². The van der Waals surface area contributed by atoms with Crippen LogP contribution in [0, 0.1) is 98.8 Å².